The topological polar surface area (TPSA) is 93.2 Å². The van der Waals surface area contributed by atoms with Gasteiger partial charge in [0, 0.05) is 11.6 Å². The van der Waals surface area contributed by atoms with Gasteiger partial charge < -0.3 is 15.4 Å². The van der Waals surface area contributed by atoms with Crippen molar-refractivity contribution >= 4 is 17.7 Å². The molecule has 1 aromatic heterocycles. The quantitative estimate of drug-likeness (QED) is 0.793. The van der Waals surface area contributed by atoms with E-state index >= 15 is 0 Å². The van der Waals surface area contributed by atoms with Crippen molar-refractivity contribution in [2.75, 3.05) is 12.4 Å². The molecule has 0 aliphatic heterocycles. The van der Waals surface area contributed by atoms with E-state index < -0.39 is 0 Å². The molecule has 1 heterocycles. The van der Waals surface area contributed by atoms with Crippen LogP contribution in [0.2, 0.25) is 0 Å². The molecular formula is C21H22N4O3. The Bertz CT molecular complexity index is 966. The Morgan fingerprint density at radius 1 is 1.11 bits per heavy atom. The highest BCUT2D eigenvalue weighted by Crippen LogP contribution is 2.29. The molecule has 1 unspecified atom stereocenters. The first-order valence-corrected chi connectivity index (χ1v) is 8.90. The lowest BCUT2D eigenvalue weighted by Gasteiger charge is -2.20. The number of allylic oxidation sites excluding steroid dienone is 3. The van der Waals surface area contributed by atoms with Crippen LogP contribution in [0.5, 0.6) is 0 Å². The van der Waals surface area contributed by atoms with Gasteiger partial charge in [0.25, 0.3) is 0 Å². The minimum absolute atomic E-state index is 0.129. The number of amides is 2. The van der Waals surface area contributed by atoms with Crippen molar-refractivity contribution in [1.82, 2.24) is 15.5 Å². The Morgan fingerprint density at radius 3 is 2.57 bits per heavy atom. The standard InChI is InChI=1S/C21H22N4O3/c1-13-4-5-16(20(26)28-3)10-18(13)15-6-8-17(9-7-15)24-21(27)25-19-12-23-22-11-14(19)2/h4-6,8-12,15H,7H2,1-3H3,(H2,22,24,25,27). The number of urea groups is 1. The normalized spacial score (nSPS) is 15.5. The molecule has 1 aliphatic rings. The maximum Gasteiger partial charge on any atom is 0.337 e. The zero-order chi connectivity index (χ0) is 20.1. The Hall–Kier alpha value is -3.48. The summed E-state index contributed by atoms with van der Waals surface area (Å²) in [6, 6.07) is 5.22. The highest BCUT2D eigenvalue weighted by atomic mass is 16.5. The fourth-order valence-electron chi connectivity index (χ4n) is 3.03. The van der Waals surface area contributed by atoms with Crippen LogP contribution in [0.3, 0.4) is 0 Å². The molecule has 0 saturated heterocycles. The van der Waals surface area contributed by atoms with E-state index in [0.29, 0.717) is 17.7 Å². The molecular weight excluding hydrogens is 356 g/mol. The number of nitrogens with zero attached hydrogens (tertiary/aromatic N) is 2. The Morgan fingerprint density at radius 2 is 1.89 bits per heavy atom. The summed E-state index contributed by atoms with van der Waals surface area (Å²) < 4.78 is 4.80. The molecule has 2 amide bonds. The summed E-state index contributed by atoms with van der Waals surface area (Å²) >= 11 is 0. The summed E-state index contributed by atoms with van der Waals surface area (Å²) in [4.78, 5) is 24.0. The van der Waals surface area contributed by atoms with Crippen LogP contribution >= 0.6 is 0 Å². The number of aromatic nitrogens is 2. The Labute approximate surface area is 163 Å². The lowest BCUT2D eigenvalue weighted by Crippen LogP contribution is -2.28. The Kier molecular flexibility index (Phi) is 5.84. The minimum atomic E-state index is -0.350. The van der Waals surface area contributed by atoms with Crippen LogP contribution < -0.4 is 10.6 Å². The van der Waals surface area contributed by atoms with Crippen molar-refractivity contribution in [1.29, 1.82) is 0 Å². The number of rotatable bonds is 4. The van der Waals surface area contributed by atoms with Gasteiger partial charge in [-0.1, -0.05) is 18.2 Å². The molecule has 7 nitrogen and oxygen atoms in total. The molecule has 2 N–H and O–H groups in total. The second-order valence-corrected chi connectivity index (χ2v) is 6.59. The van der Waals surface area contributed by atoms with E-state index in [1.807, 2.05) is 44.2 Å². The third-order valence-corrected chi connectivity index (χ3v) is 4.64. The molecule has 3 rings (SSSR count). The smallest absolute Gasteiger partial charge is 0.337 e. The summed E-state index contributed by atoms with van der Waals surface area (Å²) in [6.07, 6.45) is 9.67. The molecule has 0 radical (unpaired) electrons. The van der Waals surface area contributed by atoms with E-state index in [-0.39, 0.29) is 17.9 Å². The average molecular weight is 378 g/mol. The molecule has 1 atom stereocenters. The van der Waals surface area contributed by atoms with Crippen LogP contribution in [-0.4, -0.2) is 29.3 Å². The monoisotopic (exact) mass is 378 g/mol. The molecule has 0 fully saturated rings. The number of hydrogen-bond donors (Lipinski definition) is 2. The van der Waals surface area contributed by atoms with E-state index in [1.165, 1.54) is 13.3 Å². The fourth-order valence-corrected chi connectivity index (χ4v) is 3.03. The van der Waals surface area contributed by atoms with E-state index in [4.69, 9.17) is 4.74 Å². The zero-order valence-corrected chi connectivity index (χ0v) is 16.0. The third kappa shape index (κ3) is 4.43. The molecule has 1 aliphatic carbocycles. The van der Waals surface area contributed by atoms with Crippen LogP contribution in [-0.2, 0) is 4.74 Å². The van der Waals surface area contributed by atoms with Gasteiger partial charge in [0.1, 0.15) is 0 Å². The first-order chi connectivity index (χ1) is 13.5. The number of aryl methyl sites for hydroxylation is 2. The molecule has 0 saturated carbocycles. The summed E-state index contributed by atoms with van der Waals surface area (Å²) in [6.45, 7) is 3.86. The van der Waals surface area contributed by atoms with Crippen molar-refractivity contribution in [2.45, 2.75) is 26.2 Å². The zero-order valence-electron chi connectivity index (χ0n) is 16.0. The minimum Gasteiger partial charge on any atom is -0.465 e. The van der Waals surface area contributed by atoms with Gasteiger partial charge in [0.05, 0.1) is 30.8 Å². The van der Waals surface area contributed by atoms with Crippen molar-refractivity contribution < 1.29 is 14.3 Å². The number of hydrogen-bond acceptors (Lipinski definition) is 5. The SMILES string of the molecule is COC(=O)c1ccc(C)c(C2C=CC(NC(=O)Nc3cnncc3C)=CC2)c1. The first-order valence-electron chi connectivity index (χ1n) is 8.90. The number of nitrogens with one attached hydrogen (secondary N) is 2. The number of benzene rings is 1. The maximum absolute atomic E-state index is 12.2. The molecule has 0 bridgehead atoms. The maximum atomic E-state index is 12.2. The van der Waals surface area contributed by atoms with Gasteiger partial charge in [0.15, 0.2) is 0 Å². The van der Waals surface area contributed by atoms with E-state index in [9.17, 15) is 9.59 Å². The van der Waals surface area contributed by atoms with Crippen LogP contribution in [0.4, 0.5) is 10.5 Å². The van der Waals surface area contributed by atoms with Crippen LogP contribution in [0, 0.1) is 13.8 Å². The Balaban J connectivity index is 1.65. The van der Waals surface area contributed by atoms with Gasteiger partial charge in [0.2, 0.25) is 0 Å². The summed E-state index contributed by atoms with van der Waals surface area (Å²) in [7, 11) is 1.37. The molecule has 2 aromatic rings. The average Bonchev–Trinajstić information content (AvgIpc) is 2.70. The van der Waals surface area contributed by atoms with Gasteiger partial charge in [-0.2, -0.15) is 10.2 Å². The number of ether oxygens (including phenoxy) is 1. The number of esters is 1. The molecule has 7 heteroatoms. The summed E-state index contributed by atoms with van der Waals surface area (Å²) in [5.74, 6) is -0.221. The van der Waals surface area contributed by atoms with Crippen molar-refractivity contribution in [3.05, 3.63) is 76.8 Å². The van der Waals surface area contributed by atoms with Gasteiger partial charge in [-0.05, 0) is 55.2 Å². The second kappa shape index (κ2) is 8.47. The van der Waals surface area contributed by atoms with Gasteiger partial charge in [-0.3, -0.25) is 0 Å². The summed E-state index contributed by atoms with van der Waals surface area (Å²) in [5.41, 5.74) is 4.86. The number of carbonyl (C=O) groups is 2. The van der Waals surface area contributed by atoms with Gasteiger partial charge >= 0.3 is 12.0 Å². The lowest BCUT2D eigenvalue weighted by molar-refractivity contribution is 0.0600. The van der Waals surface area contributed by atoms with Crippen LogP contribution in [0.1, 0.15) is 39.4 Å². The molecule has 28 heavy (non-hydrogen) atoms. The molecule has 144 valence electrons. The van der Waals surface area contributed by atoms with Crippen LogP contribution in [0.25, 0.3) is 0 Å². The fraction of sp³-hybridized carbons (Fsp3) is 0.238. The highest BCUT2D eigenvalue weighted by Gasteiger charge is 2.17. The van der Waals surface area contributed by atoms with Gasteiger partial charge in [-0.15, -0.1) is 0 Å². The molecule has 1 aromatic carbocycles. The van der Waals surface area contributed by atoms with Crippen molar-refractivity contribution in [3.8, 4) is 0 Å². The van der Waals surface area contributed by atoms with Crippen molar-refractivity contribution in [2.24, 2.45) is 0 Å². The predicted molar refractivity (Wildman–Crippen MR) is 106 cm³/mol. The van der Waals surface area contributed by atoms with Crippen molar-refractivity contribution in [3.63, 3.8) is 0 Å². The predicted octanol–water partition coefficient (Wildman–Crippen LogP) is 3.63. The number of anilines is 1. The van der Waals surface area contributed by atoms with Gasteiger partial charge in [-0.25, -0.2) is 9.59 Å². The first kappa shape index (κ1) is 19.3. The van der Waals surface area contributed by atoms with E-state index in [0.717, 1.165) is 22.4 Å². The second-order valence-electron chi connectivity index (χ2n) is 6.59. The van der Waals surface area contributed by atoms with Crippen LogP contribution in [0.15, 0.2) is 54.5 Å². The van der Waals surface area contributed by atoms with E-state index in [2.05, 4.69) is 20.8 Å². The van der Waals surface area contributed by atoms with E-state index in [1.54, 1.807) is 12.3 Å². The molecule has 0 spiro atoms. The number of methoxy groups -OCH3 is 1. The largest absolute Gasteiger partial charge is 0.465 e. The summed E-state index contributed by atoms with van der Waals surface area (Å²) in [5, 5.41) is 13.1. The third-order valence-electron chi connectivity index (χ3n) is 4.64. The number of carbonyl (C=O) groups excluding carboxylic acids is 2. The lowest BCUT2D eigenvalue weighted by atomic mass is 9.88. The highest BCUT2D eigenvalue weighted by molar-refractivity contribution is 5.91.